The van der Waals surface area contributed by atoms with Gasteiger partial charge in [0.1, 0.15) is 5.75 Å². The van der Waals surface area contributed by atoms with Crippen molar-refractivity contribution in [3.63, 3.8) is 0 Å². The number of hydrogen-bond donors (Lipinski definition) is 0. The maximum Gasteiger partial charge on any atom is 0.269 e. The Morgan fingerprint density at radius 2 is 1.55 bits per heavy atom. The molecule has 0 amide bonds. The van der Waals surface area contributed by atoms with Crippen molar-refractivity contribution in [2.45, 2.75) is 0 Å². The Balaban J connectivity index is 2.03. The van der Waals surface area contributed by atoms with E-state index in [1.165, 1.54) is 30.3 Å². The first-order valence-electron chi connectivity index (χ1n) is 8.23. The number of Topliss-reactive ketones (excluding diaryl/α,β-unsaturated/α-hetero) is 1. The number of nitro benzene ring substituents is 1. The maximum atomic E-state index is 13.1. The maximum absolute atomic E-state index is 13.1. The third-order valence-electron chi connectivity index (χ3n) is 3.88. The Morgan fingerprint density at radius 3 is 2.10 bits per heavy atom. The summed E-state index contributed by atoms with van der Waals surface area (Å²) in [4.78, 5) is 23.4. The summed E-state index contributed by atoms with van der Waals surface area (Å²) in [5.74, 6) is -0.168. The lowest BCUT2D eigenvalue weighted by molar-refractivity contribution is -0.384. The molecular formula is C21H12BrCl2NO4. The topological polar surface area (TPSA) is 69.4 Å². The second-order valence-corrected chi connectivity index (χ2v) is 7.56. The second kappa shape index (κ2) is 9.22. The highest BCUT2D eigenvalue weighted by Gasteiger charge is 2.17. The van der Waals surface area contributed by atoms with E-state index in [0.717, 1.165) is 4.47 Å². The normalized spacial score (nSPS) is 11.2. The summed E-state index contributed by atoms with van der Waals surface area (Å²) in [5.41, 5.74) is 0.735. The first-order chi connectivity index (χ1) is 13.8. The van der Waals surface area contributed by atoms with Crippen LogP contribution in [0.1, 0.15) is 15.9 Å². The van der Waals surface area contributed by atoms with Crippen molar-refractivity contribution < 1.29 is 14.5 Å². The zero-order valence-electron chi connectivity index (χ0n) is 14.6. The van der Waals surface area contributed by atoms with Gasteiger partial charge in [0.15, 0.2) is 5.76 Å². The van der Waals surface area contributed by atoms with Gasteiger partial charge in [0.25, 0.3) is 5.69 Å². The van der Waals surface area contributed by atoms with Crippen LogP contribution in [0.25, 0.3) is 6.08 Å². The van der Waals surface area contributed by atoms with E-state index in [0.29, 0.717) is 21.2 Å². The summed E-state index contributed by atoms with van der Waals surface area (Å²) in [6.45, 7) is 0. The number of non-ortho nitro benzene ring substituents is 1. The molecule has 8 heteroatoms. The fourth-order valence-corrected chi connectivity index (χ4v) is 3.20. The van der Waals surface area contributed by atoms with Crippen LogP contribution in [0, 0.1) is 10.1 Å². The number of carbonyl (C=O) groups is 1. The zero-order valence-corrected chi connectivity index (χ0v) is 17.7. The van der Waals surface area contributed by atoms with Crippen LogP contribution >= 0.6 is 39.1 Å². The average molecular weight is 493 g/mol. The Morgan fingerprint density at radius 1 is 0.966 bits per heavy atom. The number of carbonyl (C=O) groups excluding carboxylic acids is 1. The number of nitrogens with zero attached hydrogens (tertiary/aromatic N) is 1. The van der Waals surface area contributed by atoms with Crippen LogP contribution in [0.15, 0.2) is 77.0 Å². The van der Waals surface area contributed by atoms with Crippen LogP contribution in [-0.2, 0) is 0 Å². The van der Waals surface area contributed by atoms with E-state index in [1.54, 1.807) is 42.5 Å². The molecule has 0 fully saturated rings. The molecule has 0 heterocycles. The smallest absolute Gasteiger partial charge is 0.269 e. The standard InChI is InChI=1S/C21H12BrCl2NO4/c22-14-6-4-13(5-7-14)21(26)20(12-17-18(23)2-1-3-19(17)24)29-16-10-8-15(9-11-16)25(27)28/h1-12H/b20-12-. The molecule has 29 heavy (non-hydrogen) atoms. The average Bonchev–Trinajstić information content (AvgIpc) is 2.70. The SMILES string of the molecule is O=C(/C(=C/c1c(Cl)cccc1Cl)Oc1ccc([N+](=O)[O-])cc1)c1ccc(Br)cc1. The molecule has 0 saturated carbocycles. The number of allylic oxidation sites excluding steroid dienone is 1. The first-order valence-corrected chi connectivity index (χ1v) is 9.78. The predicted molar refractivity (Wildman–Crippen MR) is 117 cm³/mol. The van der Waals surface area contributed by atoms with Crippen LogP contribution < -0.4 is 4.74 Å². The molecule has 3 aromatic rings. The summed E-state index contributed by atoms with van der Waals surface area (Å²) in [7, 11) is 0. The van der Waals surface area contributed by atoms with E-state index >= 15 is 0 Å². The van der Waals surface area contributed by atoms with Gasteiger partial charge in [-0.15, -0.1) is 0 Å². The number of ketones is 1. The number of hydrogen-bond acceptors (Lipinski definition) is 4. The second-order valence-electron chi connectivity index (χ2n) is 5.83. The lowest BCUT2D eigenvalue weighted by Crippen LogP contribution is -2.10. The predicted octanol–water partition coefficient (Wildman–Crippen LogP) is 6.97. The molecule has 146 valence electrons. The summed E-state index contributed by atoms with van der Waals surface area (Å²) < 4.78 is 6.59. The van der Waals surface area contributed by atoms with E-state index in [4.69, 9.17) is 27.9 Å². The molecule has 0 saturated heterocycles. The molecule has 5 nitrogen and oxygen atoms in total. The van der Waals surface area contributed by atoms with Gasteiger partial charge in [-0.2, -0.15) is 0 Å². The third kappa shape index (κ3) is 5.23. The van der Waals surface area contributed by atoms with Crippen LogP contribution in [0.5, 0.6) is 5.75 Å². The number of nitro groups is 1. The van der Waals surface area contributed by atoms with E-state index in [2.05, 4.69) is 15.9 Å². The highest BCUT2D eigenvalue weighted by Crippen LogP contribution is 2.29. The molecule has 0 spiro atoms. The number of rotatable bonds is 6. The Kier molecular flexibility index (Phi) is 6.69. The summed E-state index contributed by atoms with van der Waals surface area (Å²) in [6, 6.07) is 17.2. The molecule has 0 bridgehead atoms. The molecule has 0 aliphatic carbocycles. The minimum atomic E-state index is -0.517. The minimum Gasteiger partial charge on any atom is -0.453 e. The van der Waals surface area contributed by atoms with Crippen molar-refractivity contribution in [3.05, 3.63) is 108 Å². The molecule has 0 aromatic heterocycles. The fourth-order valence-electron chi connectivity index (χ4n) is 2.43. The van der Waals surface area contributed by atoms with Gasteiger partial charge in [0, 0.05) is 37.8 Å². The van der Waals surface area contributed by atoms with Crippen molar-refractivity contribution in [2.24, 2.45) is 0 Å². The third-order valence-corrected chi connectivity index (χ3v) is 5.07. The monoisotopic (exact) mass is 491 g/mol. The van der Waals surface area contributed by atoms with Crippen LogP contribution in [0.4, 0.5) is 5.69 Å². The van der Waals surface area contributed by atoms with Gasteiger partial charge in [0.05, 0.1) is 4.92 Å². The molecule has 0 aliphatic heterocycles. The summed E-state index contributed by atoms with van der Waals surface area (Å²) in [6.07, 6.45) is 1.45. The Bertz CT molecular complexity index is 1080. The molecule has 0 N–H and O–H groups in total. The van der Waals surface area contributed by atoms with E-state index in [1.807, 2.05) is 0 Å². The lowest BCUT2D eigenvalue weighted by Gasteiger charge is -2.11. The number of benzene rings is 3. The van der Waals surface area contributed by atoms with Gasteiger partial charge < -0.3 is 4.74 Å². The van der Waals surface area contributed by atoms with Gasteiger partial charge in [-0.3, -0.25) is 14.9 Å². The molecule has 0 aliphatic rings. The van der Waals surface area contributed by atoms with Gasteiger partial charge in [-0.25, -0.2) is 0 Å². The highest BCUT2D eigenvalue weighted by atomic mass is 79.9. The number of ether oxygens (including phenoxy) is 1. The van der Waals surface area contributed by atoms with Crippen LogP contribution in [-0.4, -0.2) is 10.7 Å². The molecule has 3 rings (SSSR count). The van der Waals surface area contributed by atoms with Gasteiger partial charge >= 0.3 is 0 Å². The Hall–Kier alpha value is -2.67. The van der Waals surface area contributed by atoms with Crippen molar-refractivity contribution in [1.29, 1.82) is 0 Å². The van der Waals surface area contributed by atoms with E-state index < -0.39 is 10.7 Å². The Labute approximate surface area is 184 Å². The van der Waals surface area contributed by atoms with Gasteiger partial charge in [0.2, 0.25) is 5.78 Å². The largest absolute Gasteiger partial charge is 0.453 e. The first kappa shape index (κ1) is 21.0. The molecule has 0 unspecified atom stereocenters. The van der Waals surface area contributed by atoms with E-state index in [9.17, 15) is 14.9 Å². The van der Waals surface area contributed by atoms with Crippen molar-refractivity contribution in [3.8, 4) is 5.75 Å². The number of halogens is 3. The lowest BCUT2D eigenvalue weighted by atomic mass is 10.1. The minimum absolute atomic E-state index is 0.0313. The van der Waals surface area contributed by atoms with Gasteiger partial charge in [-0.05, 0) is 54.6 Å². The molecule has 0 atom stereocenters. The highest BCUT2D eigenvalue weighted by molar-refractivity contribution is 9.10. The quantitative estimate of drug-likeness (QED) is 0.122. The molecule has 0 radical (unpaired) electrons. The van der Waals surface area contributed by atoms with Gasteiger partial charge in [-0.1, -0.05) is 45.2 Å². The van der Waals surface area contributed by atoms with Crippen LogP contribution in [0.2, 0.25) is 10.0 Å². The van der Waals surface area contributed by atoms with E-state index in [-0.39, 0.29) is 17.2 Å². The summed E-state index contributed by atoms with van der Waals surface area (Å²) in [5, 5.41) is 11.5. The fraction of sp³-hybridized carbons (Fsp3) is 0. The van der Waals surface area contributed by atoms with Crippen molar-refractivity contribution >= 4 is 56.7 Å². The molecule has 3 aromatic carbocycles. The molecular weight excluding hydrogens is 481 g/mol. The van der Waals surface area contributed by atoms with Crippen molar-refractivity contribution in [1.82, 2.24) is 0 Å². The zero-order chi connectivity index (χ0) is 21.0. The van der Waals surface area contributed by atoms with Crippen LogP contribution in [0.3, 0.4) is 0 Å². The van der Waals surface area contributed by atoms with Crippen molar-refractivity contribution in [2.75, 3.05) is 0 Å². The summed E-state index contributed by atoms with van der Waals surface area (Å²) >= 11 is 15.8.